The summed E-state index contributed by atoms with van der Waals surface area (Å²) < 4.78 is 17.0. The largest absolute Gasteiger partial charge is 0.384 e. The predicted octanol–water partition coefficient (Wildman–Crippen LogP) is -0.216. The van der Waals surface area contributed by atoms with E-state index in [0.29, 0.717) is 17.3 Å². The van der Waals surface area contributed by atoms with Crippen molar-refractivity contribution in [2.24, 2.45) is 0 Å². The van der Waals surface area contributed by atoms with E-state index >= 15 is 0 Å². The molecule has 4 atom stereocenters. The van der Waals surface area contributed by atoms with Crippen LogP contribution in [0.4, 0.5) is 0 Å². The van der Waals surface area contributed by atoms with Gasteiger partial charge in [-0.25, -0.2) is 0 Å². The van der Waals surface area contributed by atoms with Crippen LogP contribution in [-0.2, 0) is 28.6 Å². The second-order valence-corrected chi connectivity index (χ2v) is 9.02. The van der Waals surface area contributed by atoms with Crippen LogP contribution in [-0.4, -0.2) is 63.3 Å². The zero-order valence-corrected chi connectivity index (χ0v) is 16.5. The number of hydrogen-bond donors (Lipinski definition) is 3. The zero-order valence-electron chi connectivity index (χ0n) is 15.7. The molecule has 0 spiro atoms. The molecule has 3 N–H and O–H groups in total. The third-order valence-corrected chi connectivity index (χ3v) is 6.09. The van der Waals surface area contributed by atoms with E-state index in [-0.39, 0.29) is 24.7 Å². The van der Waals surface area contributed by atoms with Crippen molar-refractivity contribution in [3.8, 4) is 0 Å². The maximum Gasteiger partial charge on any atom is 0.278 e. The van der Waals surface area contributed by atoms with E-state index in [1.54, 1.807) is 20.8 Å². The number of carbonyl (C=O) groups excluding carboxylic acids is 3. The smallest absolute Gasteiger partial charge is 0.278 e. The van der Waals surface area contributed by atoms with Crippen molar-refractivity contribution >= 4 is 28.7 Å². The van der Waals surface area contributed by atoms with Crippen molar-refractivity contribution in [3.05, 3.63) is 12.2 Å². The van der Waals surface area contributed by atoms with Crippen molar-refractivity contribution in [1.82, 2.24) is 10.6 Å². The maximum atomic E-state index is 13.1. The third kappa shape index (κ3) is 3.09. The number of carbonyl (C=O) groups is 3. The van der Waals surface area contributed by atoms with Gasteiger partial charge in [0.25, 0.3) is 17.5 Å². The molecule has 150 valence electrons. The summed E-state index contributed by atoms with van der Waals surface area (Å²) >= 11 is 0.669. The van der Waals surface area contributed by atoms with E-state index in [9.17, 15) is 19.5 Å². The van der Waals surface area contributed by atoms with Gasteiger partial charge >= 0.3 is 0 Å². The lowest BCUT2D eigenvalue weighted by molar-refractivity contribution is -0.233. The Hall–Kier alpha value is -1.46. The Morgan fingerprint density at radius 3 is 2.44 bits per heavy atom. The monoisotopic (exact) mass is 400 g/mol. The van der Waals surface area contributed by atoms with Crippen LogP contribution in [0.5, 0.6) is 0 Å². The highest BCUT2D eigenvalue weighted by Gasteiger charge is 2.66. The second-order valence-electron chi connectivity index (χ2n) is 7.63. The van der Waals surface area contributed by atoms with Gasteiger partial charge in [-0.3, -0.25) is 14.4 Å². The van der Waals surface area contributed by atoms with Crippen LogP contribution in [0.15, 0.2) is 12.2 Å². The van der Waals surface area contributed by atoms with E-state index < -0.39 is 39.9 Å². The van der Waals surface area contributed by atoms with Crippen molar-refractivity contribution in [2.45, 2.75) is 62.2 Å². The van der Waals surface area contributed by atoms with Crippen molar-refractivity contribution < 1.29 is 33.7 Å². The van der Waals surface area contributed by atoms with Crippen molar-refractivity contribution in [3.63, 3.8) is 0 Å². The number of rotatable bonds is 3. The molecule has 0 radical (unpaired) electrons. The summed E-state index contributed by atoms with van der Waals surface area (Å²) in [6, 6.07) is 0. The Balaban J connectivity index is 2.00. The average molecular weight is 400 g/mol. The lowest BCUT2D eigenvalue weighted by Crippen LogP contribution is -2.81. The third-order valence-electron chi connectivity index (χ3n) is 4.92. The quantitative estimate of drug-likeness (QED) is 0.556. The van der Waals surface area contributed by atoms with Gasteiger partial charge in [0.1, 0.15) is 11.7 Å². The van der Waals surface area contributed by atoms with Gasteiger partial charge in [0.2, 0.25) is 0 Å². The molecule has 0 unspecified atom stereocenters. The summed E-state index contributed by atoms with van der Waals surface area (Å²) in [5.41, 5.74) is -3.04. The standard InChI is InChI=1S/C17H24N2O7S/c1-9-6-7-24-16(11(21)15(5)8-25-14(3,4)26-15)12(22)19-17(9,13(23)18-16)27-10(2)20/h11,21H,1,6-8H2,2-5H3,(H,18,23)(H,19,22)/t11-,15+,16-,17+/m0/s1. The van der Waals surface area contributed by atoms with Crippen LogP contribution >= 0.6 is 11.8 Å². The fraction of sp³-hybridized carbons (Fsp3) is 0.706. The van der Waals surface area contributed by atoms with Crippen molar-refractivity contribution in [2.75, 3.05) is 13.2 Å². The number of aliphatic hydroxyl groups excluding tert-OH is 1. The van der Waals surface area contributed by atoms with Crippen LogP contribution in [0.2, 0.25) is 0 Å². The number of ether oxygens (including phenoxy) is 3. The van der Waals surface area contributed by atoms with E-state index in [4.69, 9.17) is 14.2 Å². The van der Waals surface area contributed by atoms with E-state index in [1.807, 2.05) is 0 Å². The number of hydrogen-bond acceptors (Lipinski definition) is 8. The molecular weight excluding hydrogens is 376 g/mol. The number of thioether (sulfide) groups is 1. The Morgan fingerprint density at radius 1 is 1.22 bits per heavy atom. The number of fused-ring (bicyclic) bond motifs is 5. The average Bonchev–Trinajstić information content (AvgIpc) is 2.84. The zero-order chi connectivity index (χ0) is 20.3. The molecule has 0 aromatic rings. The molecule has 0 aliphatic carbocycles. The van der Waals surface area contributed by atoms with Crippen LogP contribution in [0.25, 0.3) is 0 Å². The maximum absolute atomic E-state index is 13.1. The topological polar surface area (TPSA) is 123 Å². The highest BCUT2D eigenvalue weighted by Crippen LogP contribution is 2.43. The van der Waals surface area contributed by atoms with Crippen molar-refractivity contribution in [1.29, 1.82) is 0 Å². The van der Waals surface area contributed by atoms with Gasteiger partial charge in [-0.1, -0.05) is 6.58 Å². The number of amides is 2. The number of nitrogens with one attached hydrogen (secondary N) is 2. The summed E-state index contributed by atoms with van der Waals surface area (Å²) in [4.78, 5) is 36.1. The molecule has 4 saturated heterocycles. The van der Waals surface area contributed by atoms with Gasteiger partial charge in [-0.15, -0.1) is 0 Å². The van der Waals surface area contributed by atoms with Gasteiger partial charge in [0, 0.05) is 6.92 Å². The Labute approximate surface area is 161 Å². The number of piperazine rings is 1. The Bertz CT molecular complexity index is 726. The van der Waals surface area contributed by atoms with Crippen LogP contribution in [0.3, 0.4) is 0 Å². The van der Waals surface area contributed by atoms with Gasteiger partial charge in [-0.2, -0.15) is 0 Å². The summed E-state index contributed by atoms with van der Waals surface area (Å²) in [6.07, 6.45) is -1.34. The Morgan fingerprint density at radius 2 is 1.89 bits per heavy atom. The molecule has 4 aliphatic heterocycles. The molecule has 0 saturated carbocycles. The molecule has 27 heavy (non-hydrogen) atoms. The summed E-state index contributed by atoms with van der Waals surface area (Å²) in [5.74, 6) is -2.43. The SMILES string of the molecule is C=C1CCO[C@]2([C@@H](O)[C@@]3(C)COC(C)(C)O3)NC(=O)[C@@]1(SC(C)=O)NC2=O. The molecule has 2 amide bonds. The summed E-state index contributed by atoms with van der Waals surface area (Å²) in [6.45, 7) is 10.1. The molecule has 10 heteroatoms. The molecule has 4 rings (SSSR count). The first-order valence-corrected chi connectivity index (χ1v) is 9.38. The van der Waals surface area contributed by atoms with Gasteiger partial charge in [0.15, 0.2) is 15.8 Å². The van der Waals surface area contributed by atoms with E-state index in [0.717, 1.165) is 0 Å². The minimum atomic E-state index is -2.07. The first-order chi connectivity index (χ1) is 12.4. The lowest BCUT2D eigenvalue weighted by atomic mass is 9.86. The van der Waals surface area contributed by atoms with Gasteiger partial charge < -0.3 is 30.0 Å². The fourth-order valence-electron chi connectivity index (χ4n) is 3.62. The minimum absolute atomic E-state index is 0.00449. The van der Waals surface area contributed by atoms with Gasteiger partial charge in [0.05, 0.1) is 13.2 Å². The minimum Gasteiger partial charge on any atom is -0.384 e. The predicted molar refractivity (Wildman–Crippen MR) is 95.3 cm³/mol. The molecule has 9 nitrogen and oxygen atoms in total. The highest BCUT2D eigenvalue weighted by molar-refractivity contribution is 8.15. The molecule has 0 aromatic carbocycles. The second kappa shape index (κ2) is 6.28. The van der Waals surface area contributed by atoms with Crippen LogP contribution in [0, 0.1) is 0 Å². The highest BCUT2D eigenvalue weighted by atomic mass is 32.2. The first kappa shape index (κ1) is 20.3. The van der Waals surface area contributed by atoms with Crippen LogP contribution in [0.1, 0.15) is 34.1 Å². The molecule has 2 bridgehead atoms. The van der Waals surface area contributed by atoms with E-state index in [2.05, 4.69) is 17.2 Å². The summed E-state index contributed by atoms with van der Waals surface area (Å²) in [7, 11) is 0. The first-order valence-electron chi connectivity index (χ1n) is 8.56. The van der Waals surface area contributed by atoms with Crippen LogP contribution < -0.4 is 10.6 Å². The fourth-order valence-corrected chi connectivity index (χ4v) is 4.58. The number of aliphatic hydroxyl groups is 1. The summed E-state index contributed by atoms with van der Waals surface area (Å²) in [5, 5.41) is 15.8. The normalized spacial score (nSPS) is 39.4. The van der Waals surface area contributed by atoms with E-state index in [1.165, 1.54) is 6.92 Å². The lowest BCUT2D eigenvalue weighted by Gasteiger charge is -2.51. The molecule has 4 heterocycles. The molecule has 4 fully saturated rings. The molecular formula is C17H24N2O7S. The molecule has 4 aliphatic rings. The van der Waals surface area contributed by atoms with Gasteiger partial charge in [-0.05, 0) is 44.5 Å². The Kier molecular flexibility index (Phi) is 4.72. The molecule has 0 aromatic heterocycles.